The molecular formula is C20H23Cl2N3O3S. The lowest BCUT2D eigenvalue weighted by atomic mass is 9.82. The number of hydrazine groups is 1. The highest BCUT2D eigenvalue weighted by Crippen LogP contribution is 2.29. The summed E-state index contributed by atoms with van der Waals surface area (Å²) in [6.45, 7) is 0.338. The topological polar surface area (TPSA) is 87.3 Å². The molecule has 0 aromatic heterocycles. The van der Waals surface area contributed by atoms with Gasteiger partial charge in [0.25, 0.3) is 0 Å². The van der Waals surface area contributed by atoms with Crippen molar-refractivity contribution in [3.63, 3.8) is 0 Å². The van der Waals surface area contributed by atoms with E-state index in [1.165, 1.54) is 6.07 Å². The van der Waals surface area contributed by atoms with Gasteiger partial charge in [-0.3, -0.25) is 15.6 Å². The molecular weight excluding hydrogens is 433 g/mol. The number of anilines is 1. The highest BCUT2D eigenvalue weighted by atomic mass is 35.5. The van der Waals surface area contributed by atoms with Crippen molar-refractivity contribution in [1.29, 1.82) is 0 Å². The fourth-order valence-corrected chi connectivity index (χ4v) is 5.13. The Morgan fingerprint density at radius 1 is 0.966 bits per heavy atom. The Hall–Kier alpha value is -1.80. The second-order valence-corrected chi connectivity index (χ2v) is 9.70. The molecule has 2 aromatic rings. The van der Waals surface area contributed by atoms with E-state index in [4.69, 9.17) is 23.2 Å². The molecule has 1 saturated carbocycles. The predicted molar refractivity (Wildman–Crippen MR) is 115 cm³/mol. The average Bonchev–Trinajstić information content (AvgIpc) is 2.72. The summed E-state index contributed by atoms with van der Waals surface area (Å²) in [7, 11) is -3.64. The molecule has 2 aromatic carbocycles. The lowest BCUT2D eigenvalue weighted by molar-refractivity contribution is -0.125. The zero-order valence-corrected chi connectivity index (χ0v) is 18.0. The van der Waals surface area contributed by atoms with Crippen molar-refractivity contribution in [2.75, 3.05) is 12.0 Å². The van der Waals surface area contributed by atoms with Crippen LogP contribution in [0, 0.1) is 11.8 Å². The SMILES string of the molecule is O=C(NNc1ccc(Cl)cc1)C1CCC(CNS(=O)(=O)c2ccccc2Cl)CC1. The molecule has 6 nitrogen and oxygen atoms in total. The summed E-state index contributed by atoms with van der Waals surface area (Å²) in [5, 5.41) is 0.832. The van der Waals surface area contributed by atoms with Crippen LogP contribution in [0.25, 0.3) is 0 Å². The first-order valence-electron chi connectivity index (χ1n) is 9.41. The Labute approximate surface area is 181 Å². The maximum absolute atomic E-state index is 12.4. The highest BCUT2D eigenvalue weighted by molar-refractivity contribution is 7.89. The number of sulfonamides is 1. The minimum absolute atomic E-state index is 0.0601. The summed E-state index contributed by atoms with van der Waals surface area (Å²) in [5.41, 5.74) is 6.37. The molecule has 1 fully saturated rings. The van der Waals surface area contributed by atoms with Crippen LogP contribution < -0.4 is 15.6 Å². The van der Waals surface area contributed by atoms with E-state index in [-0.39, 0.29) is 27.7 Å². The van der Waals surface area contributed by atoms with Gasteiger partial charge < -0.3 is 0 Å². The Bertz CT molecular complexity index is 944. The summed E-state index contributed by atoms with van der Waals surface area (Å²) in [5.74, 6) is 0.0433. The fourth-order valence-electron chi connectivity index (χ4n) is 3.37. The van der Waals surface area contributed by atoms with Crippen LogP contribution in [0.2, 0.25) is 10.0 Å². The van der Waals surface area contributed by atoms with E-state index in [0.29, 0.717) is 24.4 Å². The number of nitrogens with one attached hydrogen (secondary N) is 3. The maximum atomic E-state index is 12.4. The molecule has 0 unspecified atom stereocenters. The molecule has 9 heteroatoms. The molecule has 0 bridgehead atoms. The van der Waals surface area contributed by atoms with Crippen LogP contribution in [0.5, 0.6) is 0 Å². The number of benzene rings is 2. The lowest BCUT2D eigenvalue weighted by Gasteiger charge is -2.28. The molecule has 0 aliphatic heterocycles. The van der Waals surface area contributed by atoms with Crippen LogP contribution >= 0.6 is 23.2 Å². The minimum Gasteiger partial charge on any atom is -0.299 e. The molecule has 0 heterocycles. The third kappa shape index (κ3) is 6.09. The summed E-state index contributed by atoms with van der Waals surface area (Å²) in [6, 6.07) is 13.4. The summed E-state index contributed by atoms with van der Waals surface area (Å²) in [6.07, 6.45) is 2.99. The van der Waals surface area contributed by atoms with Crippen molar-refractivity contribution in [1.82, 2.24) is 10.1 Å². The molecule has 0 spiro atoms. The van der Waals surface area contributed by atoms with E-state index in [1.54, 1.807) is 42.5 Å². The first-order valence-corrected chi connectivity index (χ1v) is 11.6. The molecule has 0 radical (unpaired) electrons. The number of hydrogen-bond acceptors (Lipinski definition) is 4. The molecule has 1 amide bonds. The lowest BCUT2D eigenvalue weighted by Crippen LogP contribution is -2.38. The maximum Gasteiger partial charge on any atom is 0.242 e. The van der Waals surface area contributed by atoms with Gasteiger partial charge >= 0.3 is 0 Å². The van der Waals surface area contributed by atoms with Crippen LogP contribution in [-0.4, -0.2) is 20.9 Å². The van der Waals surface area contributed by atoms with Gasteiger partial charge in [-0.05, 0) is 68.0 Å². The van der Waals surface area contributed by atoms with Crippen LogP contribution in [0.15, 0.2) is 53.4 Å². The third-order valence-electron chi connectivity index (χ3n) is 5.08. The standard InChI is InChI=1S/C20H23Cl2N3O3S/c21-16-9-11-17(12-10-16)24-25-20(26)15-7-5-14(6-8-15)13-23-29(27,28)19-4-2-1-3-18(19)22/h1-4,9-12,14-15,23-24H,5-8,13H2,(H,25,26). The van der Waals surface area contributed by atoms with Gasteiger partial charge in [-0.15, -0.1) is 0 Å². The second-order valence-electron chi connectivity index (χ2n) is 7.12. The quantitative estimate of drug-likeness (QED) is 0.545. The van der Waals surface area contributed by atoms with Crippen molar-refractivity contribution >= 4 is 44.8 Å². The van der Waals surface area contributed by atoms with Gasteiger partial charge in [-0.25, -0.2) is 13.1 Å². The van der Waals surface area contributed by atoms with Crippen molar-refractivity contribution < 1.29 is 13.2 Å². The largest absolute Gasteiger partial charge is 0.299 e. The summed E-state index contributed by atoms with van der Waals surface area (Å²) in [4.78, 5) is 12.4. The van der Waals surface area contributed by atoms with Gasteiger partial charge in [-0.2, -0.15) is 0 Å². The minimum atomic E-state index is -3.64. The third-order valence-corrected chi connectivity index (χ3v) is 7.26. The van der Waals surface area contributed by atoms with E-state index in [0.717, 1.165) is 18.5 Å². The van der Waals surface area contributed by atoms with Gasteiger partial charge in [-0.1, -0.05) is 35.3 Å². The normalized spacial score (nSPS) is 19.5. The first-order chi connectivity index (χ1) is 13.8. The van der Waals surface area contributed by atoms with Crippen molar-refractivity contribution in [2.24, 2.45) is 11.8 Å². The Morgan fingerprint density at radius 2 is 1.62 bits per heavy atom. The van der Waals surface area contributed by atoms with Crippen LogP contribution in [0.1, 0.15) is 25.7 Å². The predicted octanol–water partition coefficient (Wildman–Crippen LogP) is 4.22. The smallest absolute Gasteiger partial charge is 0.242 e. The van der Waals surface area contributed by atoms with Gasteiger partial charge in [0, 0.05) is 17.5 Å². The van der Waals surface area contributed by atoms with E-state index in [2.05, 4.69) is 15.6 Å². The monoisotopic (exact) mass is 455 g/mol. The summed E-state index contributed by atoms with van der Waals surface area (Å²) >= 11 is 11.8. The zero-order chi connectivity index (χ0) is 20.9. The van der Waals surface area contributed by atoms with Gasteiger partial charge in [0.15, 0.2) is 0 Å². The molecule has 0 atom stereocenters. The number of carbonyl (C=O) groups excluding carboxylic acids is 1. The molecule has 1 aliphatic carbocycles. The molecule has 3 N–H and O–H groups in total. The fraction of sp³-hybridized carbons (Fsp3) is 0.350. The number of halogens is 2. The highest BCUT2D eigenvalue weighted by Gasteiger charge is 2.27. The second kappa shape index (κ2) is 9.80. The Morgan fingerprint density at radius 3 is 2.28 bits per heavy atom. The van der Waals surface area contributed by atoms with E-state index in [1.807, 2.05) is 0 Å². The van der Waals surface area contributed by atoms with Crippen molar-refractivity contribution in [2.45, 2.75) is 30.6 Å². The molecule has 156 valence electrons. The van der Waals surface area contributed by atoms with E-state index >= 15 is 0 Å². The van der Waals surface area contributed by atoms with Gasteiger partial charge in [0.05, 0.1) is 10.7 Å². The average molecular weight is 456 g/mol. The number of hydrogen-bond donors (Lipinski definition) is 3. The molecule has 29 heavy (non-hydrogen) atoms. The molecule has 0 saturated heterocycles. The zero-order valence-electron chi connectivity index (χ0n) is 15.7. The van der Waals surface area contributed by atoms with Crippen molar-refractivity contribution in [3.8, 4) is 0 Å². The molecule has 1 aliphatic rings. The molecule has 3 rings (SSSR count). The van der Waals surface area contributed by atoms with Crippen molar-refractivity contribution in [3.05, 3.63) is 58.6 Å². The van der Waals surface area contributed by atoms with E-state index < -0.39 is 10.0 Å². The number of rotatable bonds is 7. The number of amides is 1. The van der Waals surface area contributed by atoms with Crippen LogP contribution in [0.4, 0.5) is 5.69 Å². The Kier molecular flexibility index (Phi) is 7.40. The van der Waals surface area contributed by atoms with Gasteiger partial charge in [0.2, 0.25) is 15.9 Å². The first kappa shape index (κ1) is 21.9. The summed E-state index contributed by atoms with van der Waals surface area (Å²) < 4.78 is 27.5. The van der Waals surface area contributed by atoms with Crippen LogP contribution in [-0.2, 0) is 14.8 Å². The number of carbonyl (C=O) groups is 1. The van der Waals surface area contributed by atoms with Gasteiger partial charge in [0.1, 0.15) is 4.90 Å². The van der Waals surface area contributed by atoms with E-state index in [9.17, 15) is 13.2 Å². The Balaban J connectivity index is 1.43. The van der Waals surface area contributed by atoms with Crippen LogP contribution in [0.3, 0.4) is 0 Å².